The molecule has 0 aliphatic carbocycles. The normalized spacial score (nSPS) is 14.1. The zero-order chi connectivity index (χ0) is 20.5. The fourth-order valence-electron chi connectivity index (χ4n) is 1.71. The minimum Gasteiger partial charge on any atom is -0.508 e. The van der Waals surface area contributed by atoms with Gasteiger partial charge in [0.25, 0.3) is 9.91 Å². The van der Waals surface area contributed by atoms with Crippen LogP contribution in [0.5, 0.6) is 23.0 Å². The zero-order valence-corrected chi connectivity index (χ0v) is 15.0. The standard InChI is InChI=1S/C14H13F3O8S2/c1-27(22,25-26(20,21)14(15,16)17,23-12-6-2-10(18)3-7-12)24-13-8-4-11(19)5-9-13/h2-9,18-19H,1H3. The van der Waals surface area contributed by atoms with E-state index in [1.165, 1.54) is 0 Å². The molecular formula is C14H13F3O8S2. The maximum atomic E-state index is 13.1. The maximum Gasteiger partial charge on any atom is 0.524 e. The van der Waals surface area contributed by atoms with Crippen molar-refractivity contribution < 1.29 is 48.0 Å². The summed E-state index contributed by atoms with van der Waals surface area (Å²) in [5, 5.41) is 18.4. The smallest absolute Gasteiger partial charge is 0.508 e. The van der Waals surface area contributed by atoms with Gasteiger partial charge in [0, 0.05) is 0 Å². The fourth-order valence-corrected chi connectivity index (χ4v) is 4.95. The van der Waals surface area contributed by atoms with E-state index < -0.39 is 37.0 Å². The van der Waals surface area contributed by atoms with Crippen LogP contribution in [0.2, 0.25) is 0 Å². The van der Waals surface area contributed by atoms with Gasteiger partial charge in [0.1, 0.15) is 23.0 Å². The lowest BCUT2D eigenvalue weighted by Gasteiger charge is -2.36. The first kappa shape index (κ1) is 20.8. The monoisotopic (exact) mass is 430 g/mol. The van der Waals surface area contributed by atoms with Crippen LogP contribution in [0.4, 0.5) is 13.2 Å². The van der Waals surface area contributed by atoms with Crippen molar-refractivity contribution in [1.82, 2.24) is 0 Å². The van der Waals surface area contributed by atoms with Gasteiger partial charge in [-0.3, -0.25) is 0 Å². The molecule has 0 radical (unpaired) electrons. The molecule has 0 aliphatic heterocycles. The molecule has 0 aromatic heterocycles. The van der Waals surface area contributed by atoms with E-state index in [0.29, 0.717) is 6.26 Å². The van der Waals surface area contributed by atoms with E-state index in [2.05, 4.69) is 3.63 Å². The van der Waals surface area contributed by atoms with Crippen LogP contribution < -0.4 is 8.37 Å². The van der Waals surface area contributed by atoms with E-state index >= 15 is 0 Å². The Morgan fingerprint density at radius 1 is 0.852 bits per heavy atom. The third-order valence-electron chi connectivity index (χ3n) is 2.76. The third-order valence-corrected chi connectivity index (χ3v) is 6.38. The van der Waals surface area contributed by atoms with Crippen molar-refractivity contribution in [2.45, 2.75) is 5.51 Å². The van der Waals surface area contributed by atoms with Crippen LogP contribution in [-0.2, 0) is 23.7 Å². The van der Waals surface area contributed by atoms with Crippen molar-refractivity contribution >= 4 is 20.0 Å². The maximum absolute atomic E-state index is 13.1. The van der Waals surface area contributed by atoms with Crippen LogP contribution in [0.25, 0.3) is 0 Å². The summed E-state index contributed by atoms with van der Waals surface area (Å²) in [4.78, 5) is 0. The summed E-state index contributed by atoms with van der Waals surface area (Å²) < 4.78 is 87.6. The molecule has 0 aliphatic rings. The van der Waals surface area contributed by atoms with E-state index in [1.54, 1.807) is 0 Å². The van der Waals surface area contributed by atoms with Gasteiger partial charge >= 0.3 is 15.6 Å². The predicted octanol–water partition coefficient (Wildman–Crippen LogP) is 2.62. The van der Waals surface area contributed by atoms with E-state index in [1.807, 2.05) is 0 Å². The topological polar surface area (TPSA) is 119 Å². The Labute approximate surface area is 151 Å². The second-order valence-electron chi connectivity index (χ2n) is 5.20. The highest BCUT2D eigenvalue weighted by Gasteiger charge is 2.55. The highest BCUT2D eigenvalue weighted by molar-refractivity contribution is 8.13. The number of phenolic OH excluding ortho intramolecular Hbond substituents is 2. The highest BCUT2D eigenvalue weighted by atomic mass is 32.4. The second-order valence-corrected chi connectivity index (χ2v) is 9.60. The van der Waals surface area contributed by atoms with Crippen LogP contribution in [-0.4, -0.2) is 34.6 Å². The van der Waals surface area contributed by atoms with Gasteiger partial charge in [0.15, 0.2) is 0 Å². The minimum absolute atomic E-state index is 0.245. The van der Waals surface area contributed by atoms with Crippen molar-refractivity contribution in [2.75, 3.05) is 6.26 Å². The molecule has 0 fully saturated rings. The highest BCUT2D eigenvalue weighted by Crippen LogP contribution is 2.38. The Morgan fingerprint density at radius 2 is 1.19 bits per heavy atom. The Kier molecular flexibility index (Phi) is 5.07. The molecule has 0 amide bonds. The summed E-state index contributed by atoms with van der Waals surface area (Å²) in [6, 6.07) is 8.16. The number of alkyl halides is 3. The number of phenols is 2. The molecule has 0 bridgehead atoms. The Balaban J connectivity index is 2.50. The Morgan fingerprint density at radius 3 is 1.48 bits per heavy atom. The second kappa shape index (κ2) is 6.58. The summed E-state index contributed by atoms with van der Waals surface area (Å²) >= 11 is 0. The number of aromatic hydroxyl groups is 2. The fraction of sp³-hybridized carbons (Fsp3) is 0.143. The molecule has 2 N–H and O–H groups in total. The van der Waals surface area contributed by atoms with Gasteiger partial charge in [-0.2, -0.15) is 25.8 Å². The van der Waals surface area contributed by atoms with Crippen LogP contribution in [0.3, 0.4) is 0 Å². The van der Waals surface area contributed by atoms with Crippen LogP contribution in [0, 0.1) is 0 Å². The summed E-state index contributed by atoms with van der Waals surface area (Å²) in [6.45, 7) is 0. The van der Waals surface area contributed by atoms with Crippen molar-refractivity contribution in [3.8, 4) is 23.0 Å². The van der Waals surface area contributed by atoms with Gasteiger partial charge in [-0.05, 0) is 48.5 Å². The first-order chi connectivity index (χ1) is 12.2. The van der Waals surface area contributed by atoms with E-state index in [9.17, 15) is 36.0 Å². The van der Waals surface area contributed by atoms with Gasteiger partial charge in [0.2, 0.25) is 0 Å². The van der Waals surface area contributed by atoms with Crippen LogP contribution in [0.15, 0.2) is 48.5 Å². The summed E-state index contributed by atoms with van der Waals surface area (Å²) in [5.41, 5.74) is -5.90. The Bertz CT molecular complexity index is 931. The number of halogens is 3. The van der Waals surface area contributed by atoms with Crippen molar-refractivity contribution in [1.29, 1.82) is 0 Å². The third kappa shape index (κ3) is 5.24. The number of rotatable bonds is 6. The molecule has 2 aromatic carbocycles. The molecular weight excluding hydrogens is 417 g/mol. The zero-order valence-electron chi connectivity index (χ0n) is 13.4. The summed E-state index contributed by atoms with van der Waals surface area (Å²) in [7, 11) is -12.3. The molecule has 0 unspecified atom stereocenters. The van der Waals surface area contributed by atoms with E-state index in [0.717, 1.165) is 48.5 Å². The average Bonchev–Trinajstić information content (AvgIpc) is 2.50. The van der Waals surface area contributed by atoms with Crippen LogP contribution in [0.1, 0.15) is 0 Å². The number of hydrogen-bond acceptors (Lipinski definition) is 8. The molecule has 13 heteroatoms. The quantitative estimate of drug-likeness (QED) is 0.672. The first-order valence-corrected chi connectivity index (χ1v) is 10.4. The first-order valence-electron chi connectivity index (χ1n) is 6.84. The molecule has 0 saturated heterocycles. The molecule has 2 aromatic rings. The molecule has 8 nitrogen and oxygen atoms in total. The van der Waals surface area contributed by atoms with Crippen molar-refractivity contribution in [3.63, 3.8) is 0 Å². The lowest BCUT2D eigenvalue weighted by molar-refractivity contribution is -0.0506. The lowest BCUT2D eigenvalue weighted by Crippen LogP contribution is -2.49. The van der Waals surface area contributed by atoms with E-state index in [-0.39, 0.29) is 11.5 Å². The predicted molar refractivity (Wildman–Crippen MR) is 87.6 cm³/mol. The molecule has 27 heavy (non-hydrogen) atoms. The van der Waals surface area contributed by atoms with Gasteiger partial charge in [-0.1, -0.05) is 0 Å². The molecule has 150 valence electrons. The molecule has 0 heterocycles. The summed E-state index contributed by atoms with van der Waals surface area (Å²) in [5.74, 6) is -1.32. The van der Waals surface area contributed by atoms with Crippen molar-refractivity contribution in [2.24, 2.45) is 0 Å². The van der Waals surface area contributed by atoms with Gasteiger partial charge < -0.3 is 18.6 Å². The number of benzene rings is 2. The molecule has 0 saturated carbocycles. The number of hydrogen-bond donors (Lipinski definition) is 2. The Hall–Kier alpha value is -2.51. The molecule has 0 atom stereocenters. The van der Waals surface area contributed by atoms with Gasteiger partial charge in [-0.15, -0.1) is 3.63 Å². The summed E-state index contributed by atoms with van der Waals surface area (Å²) in [6.07, 6.45) is 0.389. The van der Waals surface area contributed by atoms with Gasteiger partial charge in [0.05, 0.1) is 6.26 Å². The largest absolute Gasteiger partial charge is 0.524 e. The minimum atomic E-state index is -6.38. The van der Waals surface area contributed by atoms with E-state index in [4.69, 9.17) is 8.37 Å². The van der Waals surface area contributed by atoms with Gasteiger partial charge in [-0.25, -0.2) is 0 Å². The average molecular weight is 430 g/mol. The van der Waals surface area contributed by atoms with Crippen LogP contribution >= 0.6 is 0 Å². The molecule has 0 spiro atoms. The SMILES string of the molecule is CS(=O)(Oc1ccc(O)cc1)(Oc1ccc(O)cc1)OS(=O)(=O)C(F)(F)F. The molecule has 2 rings (SSSR count). The van der Waals surface area contributed by atoms with Crippen molar-refractivity contribution in [3.05, 3.63) is 48.5 Å². The lowest BCUT2D eigenvalue weighted by atomic mass is 10.3.